The smallest absolute Gasteiger partial charge is 0.341 e. The number of piperidine rings is 1. The van der Waals surface area contributed by atoms with Crippen molar-refractivity contribution in [3.63, 3.8) is 0 Å². The lowest BCUT2D eigenvalue weighted by Crippen LogP contribution is -2.41. The lowest BCUT2D eigenvalue weighted by molar-refractivity contribution is -0.136. The maximum absolute atomic E-state index is 12.5. The second-order valence-electron chi connectivity index (χ2n) is 6.93. The first-order valence-electron chi connectivity index (χ1n) is 9.17. The number of carbonyl (C=O) groups excluding carboxylic acids is 2. The average Bonchev–Trinajstić information content (AvgIpc) is 2.68. The molecule has 3 rings (SSSR count). The number of rotatable bonds is 5. The molecule has 1 fully saturated rings. The van der Waals surface area contributed by atoms with Gasteiger partial charge in [-0.05, 0) is 49.9 Å². The summed E-state index contributed by atoms with van der Waals surface area (Å²) in [7, 11) is 0. The highest BCUT2D eigenvalue weighted by atomic mass is 32.2. The zero-order chi connectivity index (χ0) is 19.2. The highest BCUT2D eigenvalue weighted by Crippen LogP contribution is 2.29. The largest absolute Gasteiger partial charge is 0.452 e. The summed E-state index contributed by atoms with van der Waals surface area (Å²) in [6.45, 7) is 5.41. The molecule has 1 aliphatic rings. The van der Waals surface area contributed by atoms with Crippen LogP contribution in [0.1, 0.15) is 35.7 Å². The van der Waals surface area contributed by atoms with Crippen LogP contribution in [-0.4, -0.2) is 41.5 Å². The predicted octanol–water partition coefficient (Wildman–Crippen LogP) is 3.96. The number of nitrogens with zero attached hydrogens (tertiary/aromatic N) is 2. The molecule has 0 unspecified atom stereocenters. The minimum atomic E-state index is -0.517. The molecule has 6 heteroatoms. The molecule has 5 nitrogen and oxygen atoms in total. The van der Waals surface area contributed by atoms with Crippen LogP contribution in [-0.2, 0) is 9.53 Å². The van der Waals surface area contributed by atoms with E-state index in [1.54, 1.807) is 23.2 Å². The first-order valence-corrected chi connectivity index (χ1v) is 9.99. The Labute approximate surface area is 164 Å². The van der Waals surface area contributed by atoms with E-state index >= 15 is 0 Å². The topological polar surface area (TPSA) is 59.5 Å². The van der Waals surface area contributed by atoms with Crippen molar-refractivity contribution in [2.45, 2.75) is 36.6 Å². The molecule has 1 atom stereocenters. The third-order valence-corrected chi connectivity index (χ3v) is 5.59. The van der Waals surface area contributed by atoms with Crippen LogP contribution in [0.5, 0.6) is 0 Å². The minimum absolute atomic E-state index is 0.133. The van der Waals surface area contributed by atoms with Crippen molar-refractivity contribution < 1.29 is 14.3 Å². The Kier molecular flexibility index (Phi) is 6.50. The number of aromatic nitrogens is 1. The molecule has 1 aromatic heterocycles. The Bertz CT molecular complexity index is 807. The lowest BCUT2D eigenvalue weighted by Gasteiger charge is -2.30. The summed E-state index contributed by atoms with van der Waals surface area (Å²) in [4.78, 5) is 31.9. The van der Waals surface area contributed by atoms with Crippen molar-refractivity contribution in [2.75, 3.05) is 19.7 Å². The third kappa shape index (κ3) is 5.32. The van der Waals surface area contributed by atoms with E-state index in [0.29, 0.717) is 16.5 Å². The number of hydrogen-bond acceptors (Lipinski definition) is 5. The fourth-order valence-electron chi connectivity index (χ4n) is 3.06. The van der Waals surface area contributed by atoms with Gasteiger partial charge >= 0.3 is 5.97 Å². The van der Waals surface area contributed by atoms with Crippen molar-refractivity contribution >= 4 is 23.6 Å². The second kappa shape index (κ2) is 9.04. The molecule has 2 aromatic rings. The number of benzene rings is 1. The first-order chi connectivity index (χ1) is 13.0. The summed E-state index contributed by atoms with van der Waals surface area (Å²) in [5.74, 6) is -0.156. The van der Waals surface area contributed by atoms with E-state index in [1.165, 1.54) is 17.3 Å². The van der Waals surface area contributed by atoms with Crippen LogP contribution >= 0.6 is 11.8 Å². The van der Waals surface area contributed by atoms with E-state index in [9.17, 15) is 9.59 Å². The summed E-state index contributed by atoms with van der Waals surface area (Å²) in [6, 6.07) is 11.4. The van der Waals surface area contributed by atoms with E-state index < -0.39 is 5.97 Å². The summed E-state index contributed by atoms with van der Waals surface area (Å²) < 4.78 is 5.29. The molecule has 0 saturated carbocycles. The molecular formula is C21H24N2O3S. The van der Waals surface area contributed by atoms with Crippen LogP contribution in [0.25, 0.3) is 0 Å². The quantitative estimate of drug-likeness (QED) is 0.731. The van der Waals surface area contributed by atoms with Crippen molar-refractivity contribution in [1.82, 2.24) is 9.88 Å². The van der Waals surface area contributed by atoms with Crippen LogP contribution in [0.3, 0.4) is 0 Å². The van der Waals surface area contributed by atoms with Crippen LogP contribution < -0.4 is 0 Å². The number of esters is 1. The molecule has 0 aliphatic carbocycles. The Morgan fingerprint density at radius 2 is 2.04 bits per heavy atom. The number of aryl methyl sites for hydroxylation is 1. The van der Waals surface area contributed by atoms with Gasteiger partial charge in [-0.3, -0.25) is 4.79 Å². The third-order valence-electron chi connectivity index (χ3n) is 4.56. The predicted molar refractivity (Wildman–Crippen MR) is 105 cm³/mol. The second-order valence-corrected chi connectivity index (χ2v) is 8.00. The number of likely N-dealkylation sites (tertiary alicyclic amines) is 1. The zero-order valence-corrected chi connectivity index (χ0v) is 16.5. The van der Waals surface area contributed by atoms with E-state index in [2.05, 4.69) is 11.9 Å². The van der Waals surface area contributed by atoms with Gasteiger partial charge in [0.1, 0.15) is 5.03 Å². The lowest BCUT2D eigenvalue weighted by atomic mass is 10.0. The normalized spacial score (nSPS) is 16.8. The maximum Gasteiger partial charge on any atom is 0.341 e. The summed E-state index contributed by atoms with van der Waals surface area (Å²) in [5, 5.41) is 0.574. The SMILES string of the molecule is Cc1ccc(Sc2ncccc2C(=O)OCC(=O)N2CCC[C@H](C)C2)cc1. The van der Waals surface area contributed by atoms with Crippen LogP contribution in [0.15, 0.2) is 52.5 Å². The van der Waals surface area contributed by atoms with Gasteiger partial charge < -0.3 is 9.64 Å². The van der Waals surface area contributed by atoms with E-state index in [4.69, 9.17) is 4.74 Å². The molecule has 1 aliphatic heterocycles. The molecule has 142 valence electrons. The summed E-state index contributed by atoms with van der Waals surface area (Å²) in [6.07, 6.45) is 3.78. The van der Waals surface area contributed by atoms with Crippen LogP contribution in [0.4, 0.5) is 0 Å². The van der Waals surface area contributed by atoms with Gasteiger partial charge in [0, 0.05) is 24.2 Å². The standard InChI is InChI=1S/C21H24N2O3S/c1-15-7-9-17(10-8-15)27-20-18(6-3-11-22-20)21(25)26-14-19(24)23-12-4-5-16(2)13-23/h3,6-11,16H,4-5,12-14H2,1-2H3/t16-/m0/s1. The molecule has 0 radical (unpaired) electrons. The van der Waals surface area contributed by atoms with Crippen LogP contribution in [0, 0.1) is 12.8 Å². The van der Waals surface area contributed by atoms with E-state index in [-0.39, 0.29) is 12.5 Å². The Morgan fingerprint density at radius 1 is 1.26 bits per heavy atom. The molecule has 2 heterocycles. The van der Waals surface area contributed by atoms with Gasteiger partial charge in [-0.25, -0.2) is 9.78 Å². The van der Waals surface area contributed by atoms with Crippen molar-refractivity contribution in [1.29, 1.82) is 0 Å². The molecule has 0 spiro atoms. The van der Waals surface area contributed by atoms with Gasteiger partial charge in [-0.15, -0.1) is 0 Å². The molecule has 1 saturated heterocycles. The van der Waals surface area contributed by atoms with Crippen LogP contribution in [0.2, 0.25) is 0 Å². The van der Waals surface area contributed by atoms with Crippen molar-refractivity contribution in [2.24, 2.45) is 5.92 Å². The highest BCUT2D eigenvalue weighted by molar-refractivity contribution is 7.99. The monoisotopic (exact) mass is 384 g/mol. The maximum atomic E-state index is 12.5. The fourth-order valence-corrected chi connectivity index (χ4v) is 3.93. The Hall–Kier alpha value is -2.34. The number of amides is 1. The number of pyridine rings is 1. The first kappa shape index (κ1) is 19.4. The zero-order valence-electron chi connectivity index (χ0n) is 15.7. The highest BCUT2D eigenvalue weighted by Gasteiger charge is 2.23. The van der Waals surface area contributed by atoms with Gasteiger partial charge in [0.2, 0.25) is 0 Å². The molecule has 1 aromatic carbocycles. The average molecular weight is 385 g/mol. The van der Waals surface area contributed by atoms with Gasteiger partial charge in [-0.2, -0.15) is 0 Å². The molecule has 0 bridgehead atoms. The van der Waals surface area contributed by atoms with Crippen molar-refractivity contribution in [3.8, 4) is 0 Å². The molecular weight excluding hydrogens is 360 g/mol. The Morgan fingerprint density at radius 3 is 2.78 bits per heavy atom. The van der Waals surface area contributed by atoms with Gasteiger partial charge in [0.05, 0.1) is 5.56 Å². The molecule has 0 N–H and O–H groups in total. The molecule has 1 amide bonds. The van der Waals surface area contributed by atoms with Gasteiger partial charge in [0.25, 0.3) is 5.91 Å². The Balaban J connectivity index is 1.63. The van der Waals surface area contributed by atoms with E-state index in [0.717, 1.165) is 30.8 Å². The number of carbonyl (C=O) groups is 2. The number of hydrogen-bond donors (Lipinski definition) is 0. The fraction of sp³-hybridized carbons (Fsp3) is 0.381. The van der Waals surface area contributed by atoms with E-state index in [1.807, 2.05) is 31.2 Å². The minimum Gasteiger partial charge on any atom is -0.452 e. The number of ether oxygens (including phenoxy) is 1. The van der Waals surface area contributed by atoms with Gasteiger partial charge in [0.15, 0.2) is 6.61 Å². The molecule has 27 heavy (non-hydrogen) atoms. The summed E-state index contributed by atoms with van der Waals surface area (Å²) >= 11 is 1.41. The summed E-state index contributed by atoms with van der Waals surface area (Å²) in [5.41, 5.74) is 1.55. The van der Waals surface area contributed by atoms with Gasteiger partial charge in [-0.1, -0.05) is 36.4 Å². The van der Waals surface area contributed by atoms with Crippen molar-refractivity contribution in [3.05, 3.63) is 53.7 Å².